The average molecular weight is 497 g/mol. The van der Waals surface area contributed by atoms with Crippen LogP contribution in [0, 0.1) is 13.8 Å². The molecular weight excluding hydrogens is 476 g/mol. The number of thioether (sulfide) groups is 1. The van der Waals surface area contributed by atoms with E-state index in [1.807, 2.05) is 0 Å². The van der Waals surface area contributed by atoms with E-state index < -0.39 is 5.97 Å². The fourth-order valence-electron chi connectivity index (χ4n) is 3.03. The maximum atomic E-state index is 12.6. The molecule has 10 heteroatoms. The Hall–Kier alpha value is -3.08. The number of nitrogens with zero attached hydrogens (tertiary/aromatic N) is 3. The number of amides is 1. The van der Waals surface area contributed by atoms with Crippen LogP contribution in [0.3, 0.4) is 0 Å². The largest absolute Gasteiger partial charge is 0.457 e. The molecule has 7 nitrogen and oxygen atoms in total. The van der Waals surface area contributed by atoms with Gasteiger partial charge in [-0.3, -0.25) is 4.79 Å². The molecule has 0 aliphatic rings. The minimum Gasteiger partial charge on any atom is -0.457 e. The average Bonchev–Trinajstić information content (AvgIpc) is 3.40. The standard InChI is InChI=1S/C23H20N4O3S3/c1-4-9-30-22(29)19-14(3)33-23(27-19)26-17(28)11-32-21-18-16(10-31-20(18)24-12-25-21)15-7-5-13(2)6-8-15/h4-8,10,12H,1,9,11H2,2-3H3,(H,26,27,28). The second kappa shape index (κ2) is 10.2. The number of anilines is 1. The quantitative estimate of drug-likeness (QED) is 0.149. The number of ether oxygens (including phenoxy) is 1. The normalized spacial score (nSPS) is 10.8. The van der Waals surface area contributed by atoms with Gasteiger partial charge in [0.15, 0.2) is 10.8 Å². The summed E-state index contributed by atoms with van der Waals surface area (Å²) in [5.74, 6) is -0.633. The Kier molecular flexibility index (Phi) is 7.17. The van der Waals surface area contributed by atoms with E-state index >= 15 is 0 Å². The molecule has 1 aromatic carbocycles. The number of thiazole rings is 1. The highest BCUT2D eigenvalue weighted by molar-refractivity contribution is 8.00. The molecule has 0 atom stereocenters. The van der Waals surface area contributed by atoms with E-state index in [2.05, 4.69) is 63.4 Å². The summed E-state index contributed by atoms with van der Waals surface area (Å²) in [6.07, 6.45) is 3.00. The van der Waals surface area contributed by atoms with E-state index in [1.165, 1.54) is 41.1 Å². The smallest absolute Gasteiger partial charge is 0.358 e. The Bertz CT molecular complexity index is 1330. The number of carbonyl (C=O) groups is 2. The number of hydrogen-bond donors (Lipinski definition) is 1. The molecule has 0 spiro atoms. The van der Waals surface area contributed by atoms with Crippen molar-refractivity contribution >= 4 is 61.7 Å². The van der Waals surface area contributed by atoms with Crippen LogP contribution in [0.5, 0.6) is 0 Å². The number of fused-ring (bicyclic) bond motifs is 1. The van der Waals surface area contributed by atoms with Crippen molar-refractivity contribution in [3.05, 3.63) is 64.8 Å². The first-order valence-corrected chi connectivity index (χ1v) is 12.6. The van der Waals surface area contributed by atoms with E-state index in [0.29, 0.717) is 10.0 Å². The summed E-state index contributed by atoms with van der Waals surface area (Å²) in [7, 11) is 0. The van der Waals surface area contributed by atoms with Crippen molar-refractivity contribution in [2.45, 2.75) is 18.9 Å². The Balaban J connectivity index is 1.47. The van der Waals surface area contributed by atoms with Gasteiger partial charge >= 0.3 is 5.97 Å². The fraction of sp³-hybridized carbons (Fsp3) is 0.174. The summed E-state index contributed by atoms with van der Waals surface area (Å²) < 4.78 is 5.03. The molecule has 168 valence electrons. The molecule has 0 saturated heterocycles. The van der Waals surface area contributed by atoms with Gasteiger partial charge in [-0.25, -0.2) is 19.7 Å². The maximum Gasteiger partial charge on any atom is 0.358 e. The highest BCUT2D eigenvalue weighted by atomic mass is 32.2. The highest BCUT2D eigenvalue weighted by Crippen LogP contribution is 2.38. The number of hydrogen-bond acceptors (Lipinski definition) is 9. The van der Waals surface area contributed by atoms with Crippen molar-refractivity contribution in [3.63, 3.8) is 0 Å². The molecule has 0 aliphatic heterocycles. The lowest BCUT2D eigenvalue weighted by Gasteiger charge is -2.06. The SMILES string of the molecule is C=CCOC(=O)c1nc(NC(=O)CSc2ncnc3scc(-c4ccc(C)cc4)c23)sc1C. The number of rotatable bonds is 8. The van der Waals surface area contributed by atoms with E-state index in [-0.39, 0.29) is 24.0 Å². The number of nitrogens with one attached hydrogen (secondary N) is 1. The molecule has 3 aromatic heterocycles. The fourth-order valence-corrected chi connectivity index (χ4v) is 5.64. The first-order chi connectivity index (χ1) is 16.0. The number of carbonyl (C=O) groups excluding carboxylic acids is 2. The minimum atomic E-state index is -0.539. The summed E-state index contributed by atoms with van der Waals surface area (Å²) in [5, 5.41) is 6.87. The Morgan fingerprint density at radius 3 is 2.76 bits per heavy atom. The van der Waals surface area contributed by atoms with Crippen LogP contribution in [0.2, 0.25) is 0 Å². The van der Waals surface area contributed by atoms with Gasteiger partial charge in [0, 0.05) is 15.8 Å². The summed E-state index contributed by atoms with van der Waals surface area (Å²) in [4.78, 5) is 39.2. The summed E-state index contributed by atoms with van der Waals surface area (Å²) in [6.45, 7) is 7.43. The second-order valence-corrected chi connectivity index (χ2v) is 10.0. The maximum absolute atomic E-state index is 12.6. The Morgan fingerprint density at radius 1 is 1.21 bits per heavy atom. The van der Waals surface area contributed by atoms with Crippen molar-refractivity contribution < 1.29 is 14.3 Å². The molecule has 4 aromatic rings. The third kappa shape index (κ3) is 5.29. The lowest BCUT2D eigenvalue weighted by Crippen LogP contribution is -2.14. The van der Waals surface area contributed by atoms with E-state index in [0.717, 1.165) is 26.4 Å². The highest BCUT2D eigenvalue weighted by Gasteiger charge is 2.19. The van der Waals surface area contributed by atoms with Crippen molar-refractivity contribution in [1.29, 1.82) is 0 Å². The lowest BCUT2D eigenvalue weighted by atomic mass is 10.1. The summed E-state index contributed by atoms with van der Waals surface area (Å²) in [6, 6.07) is 8.29. The van der Waals surface area contributed by atoms with Gasteiger partial charge in [0.05, 0.1) is 11.1 Å². The molecule has 0 unspecified atom stereocenters. The minimum absolute atomic E-state index is 0.106. The molecule has 0 fully saturated rings. The molecule has 1 N–H and O–H groups in total. The van der Waals surface area contributed by atoms with Crippen LogP contribution in [0.25, 0.3) is 21.3 Å². The van der Waals surface area contributed by atoms with Crippen molar-refractivity contribution in [1.82, 2.24) is 15.0 Å². The van der Waals surface area contributed by atoms with E-state index in [9.17, 15) is 9.59 Å². The van der Waals surface area contributed by atoms with Crippen LogP contribution in [-0.2, 0) is 9.53 Å². The van der Waals surface area contributed by atoms with Gasteiger partial charge in [0.2, 0.25) is 5.91 Å². The van der Waals surface area contributed by atoms with Gasteiger partial charge in [-0.15, -0.1) is 22.7 Å². The first-order valence-electron chi connectivity index (χ1n) is 9.93. The van der Waals surface area contributed by atoms with Crippen molar-refractivity contribution in [2.24, 2.45) is 0 Å². The van der Waals surface area contributed by atoms with Crippen molar-refractivity contribution in [2.75, 3.05) is 17.7 Å². The number of esters is 1. The number of aryl methyl sites for hydroxylation is 2. The van der Waals surface area contributed by atoms with Crippen LogP contribution in [0.4, 0.5) is 5.13 Å². The van der Waals surface area contributed by atoms with Gasteiger partial charge in [0.1, 0.15) is 22.8 Å². The lowest BCUT2D eigenvalue weighted by molar-refractivity contribution is -0.113. The number of thiophene rings is 1. The van der Waals surface area contributed by atoms with Crippen LogP contribution in [-0.4, -0.2) is 39.2 Å². The zero-order valence-corrected chi connectivity index (χ0v) is 20.4. The molecule has 0 aliphatic carbocycles. The summed E-state index contributed by atoms with van der Waals surface area (Å²) >= 11 is 4.12. The predicted octanol–water partition coefficient (Wildman–Crippen LogP) is 5.51. The van der Waals surface area contributed by atoms with Gasteiger partial charge in [-0.2, -0.15) is 0 Å². The monoisotopic (exact) mass is 496 g/mol. The van der Waals surface area contributed by atoms with Crippen LogP contribution in [0.1, 0.15) is 20.9 Å². The van der Waals surface area contributed by atoms with Gasteiger partial charge in [-0.05, 0) is 19.4 Å². The van der Waals surface area contributed by atoms with Crippen LogP contribution >= 0.6 is 34.4 Å². The van der Waals surface area contributed by atoms with Crippen LogP contribution < -0.4 is 5.32 Å². The number of benzene rings is 1. The zero-order chi connectivity index (χ0) is 23.4. The van der Waals surface area contributed by atoms with E-state index in [4.69, 9.17) is 4.74 Å². The van der Waals surface area contributed by atoms with Gasteiger partial charge < -0.3 is 10.1 Å². The van der Waals surface area contributed by atoms with E-state index in [1.54, 1.807) is 18.3 Å². The van der Waals surface area contributed by atoms with Gasteiger partial charge in [-0.1, -0.05) is 54.2 Å². The Morgan fingerprint density at radius 2 is 2.00 bits per heavy atom. The molecule has 33 heavy (non-hydrogen) atoms. The third-order valence-corrected chi connectivity index (χ3v) is 7.37. The van der Waals surface area contributed by atoms with Crippen molar-refractivity contribution in [3.8, 4) is 11.1 Å². The molecule has 0 saturated carbocycles. The number of aromatic nitrogens is 3. The summed E-state index contributed by atoms with van der Waals surface area (Å²) in [5.41, 5.74) is 3.53. The molecular formula is C23H20N4O3S3. The van der Waals surface area contributed by atoms with Crippen LogP contribution in [0.15, 0.2) is 53.7 Å². The zero-order valence-electron chi connectivity index (χ0n) is 18.0. The van der Waals surface area contributed by atoms with Gasteiger partial charge in [0.25, 0.3) is 0 Å². The molecule has 4 rings (SSSR count). The predicted molar refractivity (Wildman–Crippen MR) is 134 cm³/mol. The molecule has 0 radical (unpaired) electrons. The molecule has 1 amide bonds. The molecule has 3 heterocycles. The Labute approximate surface area is 203 Å². The third-order valence-electron chi connectivity index (χ3n) is 4.61. The first kappa shape index (κ1) is 23.1. The topological polar surface area (TPSA) is 94.1 Å². The second-order valence-electron chi connectivity index (χ2n) is 7.02. The molecule has 0 bridgehead atoms.